The van der Waals surface area contributed by atoms with Gasteiger partial charge in [-0.3, -0.25) is 4.79 Å². The highest BCUT2D eigenvalue weighted by Gasteiger charge is 2.14. The van der Waals surface area contributed by atoms with Crippen LogP contribution in [0.4, 0.5) is 4.39 Å². The first-order valence-corrected chi connectivity index (χ1v) is 7.16. The molecular formula is C15H12BrClFNO. The number of benzene rings is 2. The zero-order valence-electron chi connectivity index (χ0n) is 10.7. The lowest BCUT2D eigenvalue weighted by Crippen LogP contribution is -2.26. The molecule has 2 aromatic rings. The summed E-state index contributed by atoms with van der Waals surface area (Å²) in [6, 6.07) is 10.9. The van der Waals surface area contributed by atoms with E-state index < -0.39 is 0 Å². The predicted octanol–water partition coefficient (Wildman–Crippen LogP) is 4.73. The van der Waals surface area contributed by atoms with Crippen LogP contribution in [0.5, 0.6) is 0 Å². The van der Waals surface area contributed by atoms with Crippen LogP contribution >= 0.6 is 27.5 Å². The van der Waals surface area contributed by atoms with Crippen molar-refractivity contribution in [3.8, 4) is 0 Å². The van der Waals surface area contributed by atoms with E-state index in [1.54, 1.807) is 30.3 Å². The third-order valence-corrected chi connectivity index (χ3v) is 3.71. The molecule has 2 nitrogen and oxygen atoms in total. The number of amides is 1. The Hall–Kier alpha value is -1.39. The van der Waals surface area contributed by atoms with Crippen molar-refractivity contribution in [1.29, 1.82) is 0 Å². The molecule has 1 amide bonds. The van der Waals surface area contributed by atoms with Gasteiger partial charge in [-0.25, -0.2) is 4.39 Å². The van der Waals surface area contributed by atoms with Crippen LogP contribution in [-0.4, -0.2) is 5.91 Å². The van der Waals surface area contributed by atoms with Gasteiger partial charge in [0.2, 0.25) is 0 Å². The fourth-order valence-electron chi connectivity index (χ4n) is 1.78. The molecular weight excluding hydrogens is 345 g/mol. The molecule has 0 radical (unpaired) electrons. The maximum absolute atomic E-state index is 12.9. The van der Waals surface area contributed by atoms with E-state index in [0.717, 1.165) is 10.0 Å². The first-order chi connectivity index (χ1) is 9.47. The second-order valence-corrected chi connectivity index (χ2v) is 5.69. The van der Waals surface area contributed by atoms with Gasteiger partial charge in [-0.1, -0.05) is 39.7 Å². The Morgan fingerprint density at radius 1 is 1.25 bits per heavy atom. The number of carbonyl (C=O) groups is 1. The van der Waals surface area contributed by atoms with E-state index in [4.69, 9.17) is 11.6 Å². The molecule has 0 aliphatic rings. The second kappa shape index (κ2) is 6.37. The minimum atomic E-state index is -0.303. The first kappa shape index (κ1) is 15.0. The van der Waals surface area contributed by atoms with Gasteiger partial charge in [-0.05, 0) is 42.8 Å². The van der Waals surface area contributed by atoms with E-state index in [-0.39, 0.29) is 17.8 Å². The smallest absolute Gasteiger partial charge is 0.253 e. The molecule has 0 fully saturated rings. The topological polar surface area (TPSA) is 29.1 Å². The summed E-state index contributed by atoms with van der Waals surface area (Å²) < 4.78 is 13.6. The molecule has 0 saturated carbocycles. The maximum atomic E-state index is 12.9. The zero-order valence-corrected chi connectivity index (χ0v) is 13.0. The SMILES string of the molecule is CC(NC(=O)c1cc(Br)ccc1Cl)c1ccc(F)cc1. The number of hydrogen-bond acceptors (Lipinski definition) is 1. The summed E-state index contributed by atoms with van der Waals surface area (Å²) in [5, 5.41) is 3.22. The van der Waals surface area contributed by atoms with Gasteiger partial charge in [0.15, 0.2) is 0 Å². The molecule has 1 atom stereocenters. The van der Waals surface area contributed by atoms with E-state index in [1.165, 1.54) is 12.1 Å². The summed E-state index contributed by atoms with van der Waals surface area (Å²) in [6.07, 6.45) is 0. The predicted molar refractivity (Wildman–Crippen MR) is 81.4 cm³/mol. The van der Waals surface area contributed by atoms with Gasteiger partial charge in [-0.2, -0.15) is 0 Å². The van der Waals surface area contributed by atoms with Crippen LogP contribution in [0.1, 0.15) is 28.9 Å². The fraction of sp³-hybridized carbons (Fsp3) is 0.133. The summed E-state index contributed by atoms with van der Waals surface area (Å²) in [4.78, 5) is 12.2. The van der Waals surface area contributed by atoms with Gasteiger partial charge < -0.3 is 5.32 Å². The molecule has 0 aliphatic heterocycles. The van der Waals surface area contributed by atoms with Crippen molar-refractivity contribution in [3.63, 3.8) is 0 Å². The van der Waals surface area contributed by atoms with Crippen LogP contribution in [0.25, 0.3) is 0 Å². The minimum Gasteiger partial charge on any atom is -0.345 e. The normalized spacial score (nSPS) is 12.0. The highest BCUT2D eigenvalue weighted by molar-refractivity contribution is 9.10. The first-order valence-electron chi connectivity index (χ1n) is 5.99. The Kier molecular flexibility index (Phi) is 4.78. The average molecular weight is 357 g/mol. The third kappa shape index (κ3) is 3.58. The Bertz CT molecular complexity index is 630. The molecule has 2 rings (SSSR count). The molecule has 0 bridgehead atoms. The fourth-order valence-corrected chi connectivity index (χ4v) is 2.35. The summed E-state index contributed by atoms with van der Waals surface area (Å²) in [5.74, 6) is -0.574. The molecule has 20 heavy (non-hydrogen) atoms. The van der Waals surface area contributed by atoms with Crippen molar-refractivity contribution in [3.05, 3.63) is 68.9 Å². The lowest BCUT2D eigenvalue weighted by atomic mass is 10.1. The molecule has 0 heterocycles. The molecule has 5 heteroatoms. The van der Waals surface area contributed by atoms with E-state index in [9.17, 15) is 9.18 Å². The Balaban J connectivity index is 2.15. The highest BCUT2D eigenvalue weighted by Crippen LogP contribution is 2.22. The molecule has 1 N–H and O–H groups in total. The number of nitrogens with one attached hydrogen (secondary N) is 1. The molecule has 0 saturated heterocycles. The molecule has 104 valence electrons. The van der Waals surface area contributed by atoms with Crippen LogP contribution in [0.2, 0.25) is 5.02 Å². The van der Waals surface area contributed by atoms with Crippen molar-refractivity contribution >= 4 is 33.4 Å². The average Bonchev–Trinajstić information content (AvgIpc) is 2.42. The van der Waals surface area contributed by atoms with Gasteiger partial charge in [0.1, 0.15) is 5.82 Å². The van der Waals surface area contributed by atoms with Crippen LogP contribution < -0.4 is 5.32 Å². The van der Waals surface area contributed by atoms with E-state index in [2.05, 4.69) is 21.2 Å². The van der Waals surface area contributed by atoms with Crippen LogP contribution in [0.15, 0.2) is 46.9 Å². The molecule has 2 aromatic carbocycles. The number of halogens is 3. The van der Waals surface area contributed by atoms with Gasteiger partial charge >= 0.3 is 0 Å². The second-order valence-electron chi connectivity index (χ2n) is 4.37. The summed E-state index contributed by atoms with van der Waals surface area (Å²) in [7, 11) is 0. The zero-order chi connectivity index (χ0) is 14.7. The van der Waals surface area contributed by atoms with Crippen molar-refractivity contribution in [1.82, 2.24) is 5.32 Å². The van der Waals surface area contributed by atoms with Gasteiger partial charge in [0.05, 0.1) is 16.6 Å². The number of carbonyl (C=O) groups excluding carboxylic acids is 1. The monoisotopic (exact) mass is 355 g/mol. The number of rotatable bonds is 3. The molecule has 0 aromatic heterocycles. The Labute approximate surface area is 130 Å². The summed E-state index contributed by atoms with van der Waals surface area (Å²) in [5.41, 5.74) is 1.22. The van der Waals surface area contributed by atoms with E-state index >= 15 is 0 Å². The van der Waals surface area contributed by atoms with Crippen molar-refractivity contribution in [2.75, 3.05) is 0 Å². The highest BCUT2D eigenvalue weighted by atomic mass is 79.9. The van der Waals surface area contributed by atoms with Gasteiger partial charge in [0, 0.05) is 4.47 Å². The molecule has 1 unspecified atom stereocenters. The van der Waals surface area contributed by atoms with Gasteiger partial charge in [-0.15, -0.1) is 0 Å². The maximum Gasteiger partial charge on any atom is 0.253 e. The number of hydrogen-bond donors (Lipinski definition) is 1. The lowest BCUT2D eigenvalue weighted by molar-refractivity contribution is 0.0940. The summed E-state index contributed by atoms with van der Waals surface area (Å²) in [6.45, 7) is 1.83. The van der Waals surface area contributed by atoms with E-state index in [1.807, 2.05) is 6.92 Å². The minimum absolute atomic E-state index is 0.238. The molecule has 0 spiro atoms. The Morgan fingerprint density at radius 3 is 2.55 bits per heavy atom. The van der Waals surface area contributed by atoms with Crippen molar-refractivity contribution < 1.29 is 9.18 Å². The van der Waals surface area contributed by atoms with Crippen molar-refractivity contribution in [2.24, 2.45) is 0 Å². The standard InChI is InChI=1S/C15H12BrClFNO/c1-9(10-2-5-12(18)6-3-10)19-15(20)13-8-11(16)4-7-14(13)17/h2-9H,1H3,(H,19,20). The largest absolute Gasteiger partial charge is 0.345 e. The van der Waals surface area contributed by atoms with E-state index in [0.29, 0.717) is 10.6 Å². The van der Waals surface area contributed by atoms with Crippen molar-refractivity contribution in [2.45, 2.75) is 13.0 Å². The van der Waals surface area contributed by atoms with Gasteiger partial charge in [0.25, 0.3) is 5.91 Å². The van der Waals surface area contributed by atoms with Crippen LogP contribution in [0.3, 0.4) is 0 Å². The quantitative estimate of drug-likeness (QED) is 0.846. The third-order valence-electron chi connectivity index (χ3n) is 2.89. The lowest BCUT2D eigenvalue weighted by Gasteiger charge is -2.15. The van der Waals surface area contributed by atoms with Crippen LogP contribution in [-0.2, 0) is 0 Å². The summed E-state index contributed by atoms with van der Waals surface area (Å²) >= 11 is 9.31. The molecule has 0 aliphatic carbocycles. The van der Waals surface area contributed by atoms with Crippen LogP contribution in [0, 0.1) is 5.82 Å². The Morgan fingerprint density at radius 2 is 1.90 bits per heavy atom.